The molecule has 0 radical (unpaired) electrons. The van der Waals surface area contributed by atoms with E-state index in [4.69, 9.17) is 28.4 Å². The van der Waals surface area contributed by atoms with Crippen LogP contribution in [0.4, 0.5) is 0 Å². The molecule has 0 amide bonds. The summed E-state index contributed by atoms with van der Waals surface area (Å²) in [4.78, 5) is 11.7. The topological polar surface area (TPSA) is 84.5 Å². The van der Waals surface area contributed by atoms with Gasteiger partial charge >= 0.3 is 0 Å². The Morgan fingerprint density at radius 1 is 0.633 bits per heavy atom. The van der Waals surface area contributed by atoms with Gasteiger partial charge in [-0.2, -0.15) is 0 Å². The summed E-state index contributed by atoms with van der Waals surface area (Å²) >= 11 is 0. The first-order valence-electron chi connectivity index (χ1n) is 11.1. The van der Waals surface area contributed by atoms with Crippen LogP contribution in [-0.4, -0.2) is 97.7 Å². The molecule has 0 spiro atoms. The van der Waals surface area contributed by atoms with Crippen LogP contribution >= 0.6 is 0 Å². The zero-order valence-electron chi connectivity index (χ0n) is 19.8. The molecule has 0 atom stereocenters. The summed E-state index contributed by atoms with van der Waals surface area (Å²) < 4.78 is 32.5. The summed E-state index contributed by atoms with van der Waals surface area (Å²) in [5.74, 6) is 0.213. The first-order chi connectivity index (χ1) is 14.3. The molecule has 1 N–H and O–H groups in total. The molecule has 0 unspecified atom stereocenters. The van der Waals surface area contributed by atoms with Gasteiger partial charge in [-0.25, -0.2) is 0 Å². The van der Waals surface area contributed by atoms with Crippen LogP contribution in [0.2, 0.25) is 0 Å². The minimum absolute atomic E-state index is 0.213. The Kier molecular flexibility index (Phi) is 19.9. The van der Waals surface area contributed by atoms with E-state index in [1.165, 1.54) is 0 Å². The minimum atomic E-state index is -0.298. The van der Waals surface area contributed by atoms with E-state index in [1.807, 2.05) is 20.8 Å². The Morgan fingerprint density at radius 3 is 1.30 bits per heavy atom. The summed E-state index contributed by atoms with van der Waals surface area (Å²) in [5.41, 5.74) is -0.298. The molecule has 180 valence electrons. The number of carbonyl (C=O) groups is 1. The number of hydrogen-bond donors (Lipinski definition) is 1. The van der Waals surface area contributed by atoms with Crippen molar-refractivity contribution in [3.8, 4) is 0 Å². The standard InChI is InChI=1S/C22H45NO7/c1-20(2)23-7-9-26-11-13-28-15-17-30-19-18-29-16-14-27-12-10-25-8-6-21(24)22(3,4)5/h20,23H,6-19H2,1-5H3. The predicted molar refractivity (Wildman–Crippen MR) is 117 cm³/mol. The van der Waals surface area contributed by atoms with E-state index in [0.29, 0.717) is 91.7 Å². The molecule has 0 saturated carbocycles. The fraction of sp³-hybridized carbons (Fsp3) is 0.955. The average molecular weight is 436 g/mol. The van der Waals surface area contributed by atoms with Gasteiger partial charge in [0.25, 0.3) is 0 Å². The Morgan fingerprint density at radius 2 is 0.967 bits per heavy atom. The van der Waals surface area contributed by atoms with Crippen LogP contribution < -0.4 is 5.32 Å². The molecule has 0 aromatic carbocycles. The molecule has 8 nitrogen and oxygen atoms in total. The van der Waals surface area contributed by atoms with Crippen molar-refractivity contribution in [1.29, 1.82) is 0 Å². The second-order valence-corrected chi connectivity index (χ2v) is 8.21. The van der Waals surface area contributed by atoms with E-state index in [-0.39, 0.29) is 11.2 Å². The monoisotopic (exact) mass is 435 g/mol. The molecule has 0 rings (SSSR count). The van der Waals surface area contributed by atoms with Crippen molar-refractivity contribution in [2.45, 2.75) is 47.1 Å². The van der Waals surface area contributed by atoms with Gasteiger partial charge in [0.2, 0.25) is 0 Å². The highest BCUT2D eigenvalue weighted by atomic mass is 16.6. The Bertz CT molecular complexity index is 386. The zero-order valence-corrected chi connectivity index (χ0v) is 19.8. The van der Waals surface area contributed by atoms with Crippen LogP contribution in [0, 0.1) is 5.41 Å². The number of Topliss-reactive ketones (excluding diaryl/α,β-unsaturated/α-hetero) is 1. The van der Waals surface area contributed by atoms with Crippen LogP contribution in [0.25, 0.3) is 0 Å². The van der Waals surface area contributed by atoms with E-state index >= 15 is 0 Å². The second-order valence-electron chi connectivity index (χ2n) is 8.21. The van der Waals surface area contributed by atoms with Gasteiger partial charge < -0.3 is 33.7 Å². The SMILES string of the molecule is CC(C)NCCOCCOCCOCCOCCOCCOCCC(=O)C(C)(C)C. The summed E-state index contributed by atoms with van der Waals surface area (Å²) in [5, 5.41) is 3.29. The summed E-state index contributed by atoms with van der Waals surface area (Å²) in [7, 11) is 0. The number of carbonyl (C=O) groups excluding carboxylic acids is 1. The zero-order chi connectivity index (χ0) is 22.5. The lowest BCUT2D eigenvalue weighted by atomic mass is 9.89. The van der Waals surface area contributed by atoms with Gasteiger partial charge in [-0.1, -0.05) is 34.6 Å². The second kappa shape index (κ2) is 20.3. The summed E-state index contributed by atoms with van der Waals surface area (Å²) in [6.07, 6.45) is 0.446. The molecule has 0 aliphatic heterocycles. The molecule has 30 heavy (non-hydrogen) atoms. The van der Waals surface area contributed by atoms with Crippen molar-refractivity contribution in [1.82, 2.24) is 5.32 Å². The van der Waals surface area contributed by atoms with Gasteiger partial charge in [-0.3, -0.25) is 4.79 Å². The van der Waals surface area contributed by atoms with E-state index < -0.39 is 0 Å². The first-order valence-corrected chi connectivity index (χ1v) is 11.1. The van der Waals surface area contributed by atoms with E-state index in [1.54, 1.807) is 0 Å². The first kappa shape index (κ1) is 29.4. The third kappa shape index (κ3) is 22.1. The number of hydrogen-bond acceptors (Lipinski definition) is 8. The fourth-order valence-corrected chi connectivity index (χ4v) is 2.16. The molecule has 8 heteroatoms. The highest BCUT2D eigenvalue weighted by molar-refractivity contribution is 5.83. The third-order valence-corrected chi connectivity index (χ3v) is 3.97. The fourth-order valence-electron chi connectivity index (χ4n) is 2.16. The maximum atomic E-state index is 11.7. The highest BCUT2D eigenvalue weighted by Gasteiger charge is 2.20. The van der Waals surface area contributed by atoms with Gasteiger partial charge in [0.1, 0.15) is 5.78 Å². The highest BCUT2D eigenvalue weighted by Crippen LogP contribution is 2.16. The maximum absolute atomic E-state index is 11.7. The van der Waals surface area contributed by atoms with Crippen molar-refractivity contribution < 1.29 is 33.2 Å². The number of ketones is 1. The van der Waals surface area contributed by atoms with Gasteiger partial charge in [-0.05, 0) is 0 Å². The molecule has 0 bridgehead atoms. The number of nitrogens with one attached hydrogen (secondary N) is 1. The molecular weight excluding hydrogens is 390 g/mol. The summed E-state index contributed by atoms with van der Waals surface area (Å²) in [6, 6.07) is 0.486. The average Bonchev–Trinajstić information content (AvgIpc) is 2.68. The molecule has 0 saturated heterocycles. The van der Waals surface area contributed by atoms with Crippen molar-refractivity contribution >= 4 is 5.78 Å². The van der Waals surface area contributed by atoms with Crippen LogP contribution in [0.1, 0.15) is 41.0 Å². The lowest BCUT2D eigenvalue weighted by molar-refractivity contribution is -0.127. The maximum Gasteiger partial charge on any atom is 0.140 e. The van der Waals surface area contributed by atoms with Crippen molar-refractivity contribution in [3.63, 3.8) is 0 Å². The van der Waals surface area contributed by atoms with Gasteiger partial charge in [-0.15, -0.1) is 0 Å². The molecule has 0 aliphatic rings. The van der Waals surface area contributed by atoms with Crippen LogP contribution in [-0.2, 0) is 33.2 Å². The largest absolute Gasteiger partial charge is 0.379 e. The van der Waals surface area contributed by atoms with Crippen LogP contribution in [0.5, 0.6) is 0 Å². The molecule has 0 aromatic rings. The normalized spacial score (nSPS) is 12.1. The molecule has 0 heterocycles. The predicted octanol–water partition coefficient (Wildman–Crippen LogP) is 2.09. The smallest absolute Gasteiger partial charge is 0.140 e. The van der Waals surface area contributed by atoms with Crippen molar-refractivity contribution in [3.05, 3.63) is 0 Å². The van der Waals surface area contributed by atoms with E-state index in [2.05, 4.69) is 19.2 Å². The third-order valence-electron chi connectivity index (χ3n) is 3.97. The van der Waals surface area contributed by atoms with Gasteiger partial charge in [0, 0.05) is 24.4 Å². The Labute approximate surface area is 183 Å². The number of ether oxygens (including phenoxy) is 6. The van der Waals surface area contributed by atoms with Crippen molar-refractivity contribution in [2.24, 2.45) is 5.41 Å². The molecule has 0 aromatic heterocycles. The lowest BCUT2D eigenvalue weighted by Gasteiger charge is -2.16. The van der Waals surface area contributed by atoms with Crippen LogP contribution in [0.15, 0.2) is 0 Å². The quantitative estimate of drug-likeness (QED) is 0.259. The molecular formula is C22H45NO7. The minimum Gasteiger partial charge on any atom is -0.379 e. The summed E-state index contributed by atoms with van der Waals surface area (Å²) in [6.45, 7) is 17.3. The lowest BCUT2D eigenvalue weighted by Crippen LogP contribution is -2.27. The van der Waals surface area contributed by atoms with Crippen LogP contribution in [0.3, 0.4) is 0 Å². The Balaban J connectivity index is 3.11. The number of rotatable bonds is 22. The van der Waals surface area contributed by atoms with Crippen molar-refractivity contribution in [2.75, 3.05) is 85.8 Å². The Hall–Kier alpha value is -0.610. The molecule has 0 aliphatic carbocycles. The van der Waals surface area contributed by atoms with Gasteiger partial charge in [0.15, 0.2) is 0 Å². The van der Waals surface area contributed by atoms with Gasteiger partial charge in [0.05, 0.1) is 79.3 Å². The van der Waals surface area contributed by atoms with E-state index in [9.17, 15) is 4.79 Å². The molecule has 0 fully saturated rings. The van der Waals surface area contributed by atoms with E-state index in [0.717, 1.165) is 6.54 Å².